The van der Waals surface area contributed by atoms with E-state index in [-0.39, 0.29) is 11.9 Å². The van der Waals surface area contributed by atoms with Gasteiger partial charge in [-0.1, -0.05) is 30.3 Å². The van der Waals surface area contributed by atoms with E-state index < -0.39 is 0 Å². The molecular formula is C19H24N2OS. The lowest BCUT2D eigenvalue weighted by Crippen LogP contribution is -2.35. The number of thiophene rings is 1. The van der Waals surface area contributed by atoms with Crippen LogP contribution in [0.2, 0.25) is 0 Å². The molecule has 1 aliphatic heterocycles. The molecule has 3 nitrogen and oxygen atoms in total. The lowest BCUT2D eigenvalue weighted by molar-refractivity contribution is -0.122. The molecule has 1 aliphatic rings. The van der Waals surface area contributed by atoms with E-state index in [9.17, 15) is 4.79 Å². The summed E-state index contributed by atoms with van der Waals surface area (Å²) in [4.78, 5) is 13.7. The average molecular weight is 328 g/mol. The molecule has 2 N–H and O–H groups in total. The molecular weight excluding hydrogens is 304 g/mol. The van der Waals surface area contributed by atoms with Gasteiger partial charge in [0.1, 0.15) is 0 Å². The maximum Gasteiger partial charge on any atom is 0.222 e. The van der Waals surface area contributed by atoms with Gasteiger partial charge < -0.3 is 10.6 Å². The fourth-order valence-electron chi connectivity index (χ4n) is 3.21. The number of benzene rings is 1. The van der Waals surface area contributed by atoms with Gasteiger partial charge in [-0.25, -0.2) is 0 Å². The predicted octanol–water partition coefficient (Wildman–Crippen LogP) is 3.60. The summed E-state index contributed by atoms with van der Waals surface area (Å²) in [5.41, 5.74) is 2.51. The van der Waals surface area contributed by atoms with E-state index in [1.165, 1.54) is 22.4 Å². The van der Waals surface area contributed by atoms with E-state index in [2.05, 4.69) is 53.3 Å². The fraction of sp³-hybridized carbons (Fsp3) is 0.421. The van der Waals surface area contributed by atoms with Gasteiger partial charge in [0, 0.05) is 17.3 Å². The summed E-state index contributed by atoms with van der Waals surface area (Å²) < 4.78 is 0. The van der Waals surface area contributed by atoms with Gasteiger partial charge in [-0.15, -0.1) is 11.3 Å². The Morgan fingerprint density at radius 1 is 1.35 bits per heavy atom. The first-order valence-corrected chi connectivity index (χ1v) is 9.21. The molecule has 23 heavy (non-hydrogen) atoms. The Labute approximate surface area is 142 Å². The molecule has 2 aromatic rings. The number of carbonyl (C=O) groups is 1. The summed E-state index contributed by atoms with van der Waals surface area (Å²) in [5.74, 6) is 0.151. The van der Waals surface area contributed by atoms with Gasteiger partial charge in [-0.3, -0.25) is 4.79 Å². The second-order valence-corrected chi connectivity index (χ2v) is 7.22. The maximum atomic E-state index is 12.5. The van der Waals surface area contributed by atoms with Crippen LogP contribution in [-0.2, 0) is 11.2 Å². The molecule has 1 fully saturated rings. The topological polar surface area (TPSA) is 41.1 Å². The van der Waals surface area contributed by atoms with Crippen molar-refractivity contribution in [1.29, 1.82) is 0 Å². The summed E-state index contributed by atoms with van der Waals surface area (Å²) in [5, 5.41) is 8.77. The van der Waals surface area contributed by atoms with Crippen molar-refractivity contribution in [3.05, 3.63) is 57.8 Å². The minimum atomic E-state index is 0.0614. The SMILES string of the molecule is Cc1ccsc1C(Cc1ccccc1)NC(=O)CC1CCCN1. The van der Waals surface area contributed by atoms with Crippen LogP contribution in [0.25, 0.3) is 0 Å². The fourth-order valence-corrected chi connectivity index (χ4v) is 4.19. The van der Waals surface area contributed by atoms with Crippen LogP contribution in [0.1, 0.15) is 41.3 Å². The monoisotopic (exact) mass is 328 g/mol. The predicted molar refractivity (Wildman–Crippen MR) is 95.7 cm³/mol. The molecule has 0 saturated carbocycles. The van der Waals surface area contributed by atoms with Gasteiger partial charge in [0.15, 0.2) is 0 Å². The quantitative estimate of drug-likeness (QED) is 0.851. The lowest BCUT2D eigenvalue weighted by atomic mass is 10.0. The Balaban J connectivity index is 1.70. The van der Waals surface area contributed by atoms with Crippen molar-refractivity contribution >= 4 is 17.2 Å². The third-order valence-electron chi connectivity index (χ3n) is 4.43. The molecule has 122 valence electrons. The van der Waals surface area contributed by atoms with Crippen LogP contribution in [0.3, 0.4) is 0 Å². The van der Waals surface area contributed by atoms with Crippen LogP contribution in [-0.4, -0.2) is 18.5 Å². The molecule has 1 aromatic heterocycles. The molecule has 1 aromatic carbocycles. The molecule has 1 amide bonds. The average Bonchev–Trinajstić information content (AvgIpc) is 3.19. The minimum absolute atomic E-state index is 0.0614. The molecule has 2 atom stereocenters. The van der Waals surface area contributed by atoms with Gasteiger partial charge in [0.2, 0.25) is 5.91 Å². The third kappa shape index (κ3) is 4.43. The molecule has 0 spiro atoms. The summed E-state index contributed by atoms with van der Waals surface area (Å²) in [6.07, 6.45) is 3.70. The van der Waals surface area contributed by atoms with Crippen molar-refractivity contribution in [2.45, 2.75) is 44.7 Å². The Morgan fingerprint density at radius 3 is 2.83 bits per heavy atom. The molecule has 2 heterocycles. The van der Waals surface area contributed by atoms with Crippen molar-refractivity contribution in [2.24, 2.45) is 0 Å². The molecule has 4 heteroatoms. The highest BCUT2D eigenvalue weighted by Crippen LogP contribution is 2.27. The van der Waals surface area contributed by atoms with Crippen LogP contribution in [0.4, 0.5) is 0 Å². The molecule has 0 aliphatic carbocycles. The first-order valence-electron chi connectivity index (χ1n) is 8.33. The molecule has 2 unspecified atom stereocenters. The van der Waals surface area contributed by atoms with E-state index in [1.807, 2.05) is 6.07 Å². The summed E-state index contributed by atoms with van der Waals surface area (Å²) in [6.45, 7) is 3.16. The van der Waals surface area contributed by atoms with Crippen LogP contribution in [0.5, 0.6) is 0 Å². The van der Waals surface area contributed by atoms with Crippen LogP contribution >= 0.6 is 11.3 Å². The van der Waals surface area contributed by atoms with Crippen molar-refractivity contribution in [3.63, 3.8) is 0 Å². The van der Waals surface area contributed by atoms with Crippen LogP contribution in [0.15, 0.2) is 41.8 Å². The minimum Gasteiger partial charge on any atom is -0.348 e. The van der Waals surface area contributed by atoms with Gasteiger partial charge >= 0.3 is 0 Å². The third-order valence-corrected chi connectivity index (χ3v) is 5.56. The van der Waals surface area contributed by atoms with Crippen molar-refractivity contribution in [3.8, 4) is 0 Å². The molecule has 0 bridgehead atoms. The highest BCUT2D eigenvalue weighted by atomic mass is 32.1. The van der Waals surface area contributed by atoms with Crippen LogP contribution < -0.4 is 10.6 Å². The smallest absolute Gasteiger partial charge is 0.222 e. The first-order chi connectivity index (χ1) is 11.2. The number of rotatable bonds is 6. The van der Waals surface area contributed by atoms with Crippen molar-refractivity contribution in [2.75, 3.05) is 6.54 Å². The zero-order chi connectivity index (χ0) is 16.1. The van der Waals surface area contributed by atoms with Crippen molar-refractivity contribution < 1.29 is 4.79 Å². The van der Waals surface area contributed by atoms with E-state index in [1.54, 1.807) is 11.3 Å². The Morgan fingerprint density at radius 2 is 2.17 bits per heavy atom. The van der Waals surface area contributed by atoms with Gasteiger partial charge in [-0.2, -0.15) is 0 Å². The maximum absolute atomic E-state index is 12.5. The van der Waals surface area contributed by atoms with Crippen LogP contribution in [0, 0.1) is 6.92 Å². The number of nitrogens with one attached hydrogen (secondary N) is 2. The molecule has 3 rings (SSSR count). The van der Waals surface area contributed by atoms with E-state index >= 15 is 0 Å². The first kappa shape index (κ1) is 16.2. The largest absolute Gasteiger partial charge is 0.348 e. The van der Waals surface area contributed by atoms with Crippen molar-refractivity contribution in [1.82, 2.24) is 10.6 Å². The zero-order valence-electron chi connectivity index (χ0n) is 13.5. The molecule has 0 radical (unpaired) electrons. The number of amides is 1. The second kappa shape index (κ2) is 7.75. The Hall–Kier alpha value is -1.65. The van der Waals surface area contributed by atoms with E-state index in [0.717, 1.165) is 19.4 Å². The number of carbonyl (C=O) groups excluding carboxylic acids is 1. The Kier molecular flexibility index (Phi) is 5.47. The normalized spacial score (nSPS) is 18.7. The van der Waals surface area contributed by atoms with Gasteiger partial charge in [0.25, 0.3) is 0 Å². The summed E-state index contributed by atoms with van der Waals surface area (Å²) in [7, 11) is 0. The second-order valence-electron chi connectivity index (χ2n) is 6.28. The number of hydrogen-bond donors (Lipinski definition) is 2. The molecule has 1 saturated heterocycles. The standard InChI is InChI=1S/C19H24N2OS/c1-14-9-11-23-19(14)17(12-15-6-3-2-4-7-15)21-18(22)13-16-8-5-10-20-16/h2-4,6-7,9,11,16-17,20H,5,8,10,12-13H2,1H3,(H,21,22). The lowest BCUT2D eigenvalue weighted by Gasteiger charge is -2.20. The van der Waals surface area contributed by atoms with Gasteiger partial charge in [0.05, 0.1) is 6.04 Å². The Bertz CT molecular complexity index is 632. The number of hydrogen-bond acceptors (Lipinski definition) is 3. The van der Waals surface area contributed by atoms with E-state index in [4.69, 9.17) is 0 Å². The summed E-state index contributed by atoms with van der Waals surface area (Å²) >= 11 is 1.73. The number of aryl methyl sites for hydroxylation is 1. The summed E-state index contributed by atoms with van der Waals surface area (Å²) in [6, 6.07) is 12.9. The van der Waals surface area contributed by atoms with Gasteiger partial charge in [-0.05, 0) is 55.3 Å². The van der Waals surface area contributed by atoms with E-state index in [0.29, 0.717) is 12.5 Å². The highest BCUT2D eigenvalue weighted by Gasteiger charge is 2.22. The zero-order valence-corrected chi connectivity index (χ0v) is 14.4. The highest BCUT2D eigenvalue weighted by molar-refractivity contribution is 7.10.